The number of alkyl halides is 3. The molecular formula is C22H25F3N2O2. The number of nitrogens with zero attached hydrogens (tertiary/aromatic N) is 2. The predicted molar refractivity (Wildman–Crippen MR) is 108 cm³/mol. The van der Waals surface area contributed by atoms with Gasteiger partial charge in [0.05, 0.1) is 23.2 Å². The van der Waals surface area contributed by atoms with Crippen molar-refractivity contribution in [3.8, 4) is 0 Å². The Hall–Kier alpha value is -2.83. The van der Waals surface area contributed by atoms with Gasteiger partial charge in [-0.05, 0) is 68.7 Å². The third kappa shape index (κ3) is 5.82. The van der Waals surface area contributed by atoms with Gasteiger partial charge in [0.25, 0.3) is 0 Å². The van der Waals surface area contributed by atoms with Gasteiger partial charge in [0.1, 0.15) is 6.10 Å². The monoisotopic (exact) mass is 406 g/mol. The number of carbonyl (C=O) groups is 1. The van der Waals surface area contributed by atoms with Gasteiger partial charge in [0.2, 0.25) is 0 Å². The molecular weight excluding hydrogens is 381 g/mol. The lowest BCUT2D eigenvalue weighted by atomic mass is 10.0. The van der Waals surface area contributed by atoms with Crippen LogP contribution in [0.15, 0.2) is 41.4 Å². The lowest BCUT2D eigenvalue weighted by Crippen LogP contribution is -2.14. The van der Waals surface area contributed by atoms with Crippen molar-refractivity contribution in [1.29, 1.82) is 0 Å². The van der Waals surface area contributed by atoms with Gasteiger partial charge in [-0.15, -0.1) is 0 Å². The highest BCUT2D eigenvalue weighted by Gasteiger charge is 2.31. The molecule has 156 valence electrons. The predicted octanol–water partition coefficient (Wildman–Crippen LogP) is 5.85. The van der Waals surface area contributed by atoms with Crippen molar-refractivity contribution in [2.75, 3.05) is 13.6 Å². The second kappa shape index (κ2) is 9.11. The summed E-state index contributed by atoms with van der Waals surface area (Å²) >= 11 is 0. The minimum Gasteiger partial charge on any atom is -0.454 e. The summed E-state index contributed by atoms with van der Waals surface area (Å²) in [7, 11) is 1.91. The van der Waals surface area contributed by atoms with Crippen LogP contribution in [-0.2, 0) is 10.9 Å². The van der Waals surface area contributed by atoms with Gasteiger partial charge in [-0.2, -0.15) is 13.2 Å². The lowest BCUT2D eigenvalue weighted by Gasteiger charge is -2.17. The number of halogens is 3. The molecule has 0 saturated heterocycles. The van der Waals surface area contributed by atoms with Crippen LogP contribution in [0.25, 0.3) is 0 Å². The minimum absolute atomic E-state index is 0.284. The van der Waals surface area contributed by atoms with Gasteiger partial charge in [-0.25, -0.2) is 9.79 Å². The number of hydrogen-bond donors (Lipinski definition) is 0. The standard InChI is InChI=1S/C22H25F3N2O2/c1-6-27(5)13-26-20-11-14(2)19(10-15(20)3)21(28)29-16(4)17-8-7-9-18(12-17)22(23,24)25/h7-13,16H,6H2,1-5H3. The largest absolute Gasteiger partial charge is 0.454 e. The third-order valence-electron chi connectivity index (χ3n) is 4.62. The molecule has 0 aliphatic heterocycles. The van der Waals surface area contributed by atoms with Crippen LogP contribution in [0, 0.1) is 13.8 Å². The lowest BCUT2D eigenvalue weighted by molar-refractivity contribution is -0.137. The van der Waals surface area contributed by atoms with E-state index in [2.05, 4.69) is 4.99 Å². The van der Waals surface area contributed by atoms with Gasteiger partial charge < -0.3 is 9.64 Å². The first kappa shape index (κ1) is 22.5. The summed E-state index contributed by atoms with van der Waals surface area (Å²) in [6, 6.07) is 8.28. The van der Waals surface area contributed by atoms with Crippen molar-refractivity contribution in [1.82, 2.24) is 4.90 Å². The van der Waals surface area contributed by atoms with Gasteiger partial charge in [0.15, 0.2) is 0 Å². The first-order valence-electron chi connectivity index (χ1n) is 9.26. The van der Waals surface area contributed by atoms with Crippen molar-refractivity contribution in [2.24, 2.45) is 4.99 Å². The number of rotatable bonds is 6. The summed E-state index contributed by atoms with van der Waals surface area (Å²) in [5.41, 5.74) is 2.10. The SMILES string of the molecule is CCN(C)C=Nc1cc(C)c(C(=O)OC(C)c2cccc(C(F)(F)F)c2)cc1C. The maximum atomic E-state index is 12.9. The molecule has 0 aliphatic rings. The Bertz CT molecular complexity index is 907. The van der Waals surface area contributed by atoms with Crippen molar-refractivity contribution >= 4 is 18.0 Å². The Kier molecular flexibility index (Phi) is 7.06. The fourth-order valence-electron chi connectivity index (χ4n) is 2.66. The molecule has 1 atom stereocenters. The van der Waals surface area contributed by atoms with Crippen LogP contribution in [0.5, 0.6) is 0 Å². The zero-order valence-electron chi connectivity index (χ0n) is 17.2. The third-order valence-corrected chi connectivity index (χ3v) is 4.62. The van der Waals surface area contributed by atoms with E-state index in [-0.39, 0.29) is 5.56 Å². The Balaban J connectivity index is 2.20. The number of carbonyl (C=O) groups excluding carboxylic acids is 1. The average Bonchev–Trinajstić information content (AvgIpc) is 2.67. The number of ether oxygens (including phenoxy) is 1. The molecule has 0 heterocycles. The molecule has 2 rings (SSSR count). The second-order valence-electron chi connectivity index (χ2n) is 6.94. The van der Waals surface area contributed by atoms with Crippen LogP contribution in [0.4, 0.5) is 18.9 Å². The van der Waals surface area contributed by atoms with E-state index in [9.17, 15) is 18.0 Å². The van der Waals surface area contributed by atoms with Crippen LogP contribution in [0.1, 0.15) is 52.6 Å². The summed E-state index contributed by atoms with van der Waals surface area (Å²) < 4.78 is 44.1. The van der Waals surface area contributed by atoms with E-state index in [1.54, 1.807) is 32.3 Å². The summed E-state index contributed by atoms with van der Waals surface area (Å²) in [5, 5.41) is 0. The summed E-state index contributed by atoms with van der Waals surface area (Å²) in [6.07, 6.45) is -3.55. The van der Waals surface area contributed by atoms with Crippen LogP contribution in [-0.4, -0.2) is 30.8 Å². The molecule has 1 unspecified atom stereocenters. The van der Waals surface area contributed by atoms with E-state index in [0.29, 0.717) is 11.1 Å². The Morgan fingerprint density at radius 1 is 1.21 bits per heavy atom. The molecule has 0 aliphatic carbocycles. The quantitative estimate of drug-likeness (QED) is 0.343. The van der Waals surface area contributed by atoms with E-state index < -0.39 is 23.8 Å². The van der Waals surface area contributed by atoms with E-state index >= 15 is 0 Å². The van der Waals surface area contributed by atoms with Gasteiger partial charge in [-0.1, -0.05) is 12.1 Å². The second-order valence-corrected chi connectivity index (χ2v) is 6.94. The van der Waals surface area contributed by atoms with Crippen molar-refractivity contribution < 1.29 is 22.7 Å². The Morgan fingerprint density at radius 2 is 1.90 bits per heavy atom. The number of aryl methyl sites for hydroxylation is 2. The van der Waals surface area contributed by atoms with E-state index in [0.717, 1.165) is 29.9 Å². The highest BCUT2D eigenvalue weighted by atomic mass is 19.4. The fraction of sp³-hybridized carbons (Fsp3) is 0.364. The number of aliphatic imine (C=N–C) groups is 1. The molecule has 0 spiro atoms. The Morgan fingerprint density at radius 3 is 2.52 bits per heavy atom. The van der Waals surface area contributed by atoms with Gasteiger partial charge in [-0.3, -0.25) is 0 Å². The normalized spacial score (nSPS) is 12.8. The summed E-state index contributed by atoms with van der Waals surface area (Å²) in [4.78, 5) is 19.0. The van der Waals surface area contributed by atoms with Crippen LogP contribution < -0.4 is 0 Å². The molecule has 0 fully saturated rings. The van der Waals surface area contributed by atoms with E-state index in [4.69, 9.17) is 4.74 Å². The molecule has 0 N–H and O–H groups in total. The van der Waals surface area contributed by atoms with E-state index in [1.807, 2.05) is 25.8 Å². The van der Waals surface area contributed by atoms with Crippen LogP contribution >= 0.6 is 0 Å². The highest BCUT2D eigenvalue weighted by molar-refractivity contribution is 5.92. The number of esters is 1. The van der Waals surface area contributed by atoms with Gasteiger partial charge >= 0.3 is 12.1 Å². The molecule has 0 saturated carbocycles. The summed E-state index contributed by atoms with van der Waals surface area (Å²) in [5.74, 6) is -0.586. The molecule has 0 aromatic heterocycles. The first-order chi connectivity index (χ1) is 13.5. The van der Waals surface area contributed by atoms with Crippen LogP contribution in [0.2, 0.25) is 0 Å². The van der Waals surface area contributed by atoms with Crippen molar-refractivity contribution in [3.05, 3.63) is 64.2 Å². The van der Waals surface area contributed by atoms with E-state index in [1.165, 1.54) is 12.1 Å². The molecule has 4 nitrogen and oxygen atoms in total. The topological polar surface area (TPSA) is 41.9 Å². The molecule has 0 amide bonds. The molecule has 2 aromatic carbocycles. The molecule has 7 heteroatoms. The Labute approximate surface area is 169 Å². The molecule has 0 radical (unpaired) electrons. The van der Waals surface area contributed by atoms with Crippen molar-refractivity contribution in [3.63, 3.8) is 0 Å². The average molecular weight is 406 g/mol. The maximum Gasteiger partial charge on any atom is 0.416 e. The molecule has 2 aromatic rings. The molecule has 29 heavy (non-hydrogen) atoms. The van der Waals surface area contributed by atoms with Crippen molar-refractivity contribution in [2.45, 2.75) is 40.0 Å². The molecule has 0 bridgehead atoms. The minimum atomic E-state index is -4.45. The fourth-order valence-corrected chi connectivity index (χ4v) is 2.66. The van der Waals surface area contributed by atoms with Crippen LogP contribution in [0.3, 0.4) is 0 Å². The number of benzene rings is 2. The summed E-state index contributed by atoms with van der Waals surface area (Å²) in [6.45, 7) is 7.99. The zero-order chi connectivity index (χ0) is 21.8. The maximum absolute atomic E-state index is 12.9. The smallest absolute Gasteiger partial charge is 0.416 e. The van der Waals surface area contributed by atoms with Gasteiger partial charge in [0, 0.05) is 13.6 Å². The first-order valence-corrected chi connectivity index (χ1v) is 9.26. The zero-order valence-corrected chi connectivity index (χ0v) is 17.2. The number of hydrogen-bond acceptors (Lipinski definition) is 3. The highest BCUT2D eigenvalue weighted by Crippen LogP contribution is 2.32.